The highest BCUT2D eigenvalue weighted by Gasteiger charge is 2.22. The highest BCUT2D eigenvalue weighted by molar-refractivity contribution is 5.80. The molecule has 0 aliphatic rings. The summed E-state index contributed by atoms with van der Waals surface area (Å²) in [5.41, 5.74) is 1.72. The molecule has 7 nitrogen and oxygen atoms in total. The first-order chi connectivity index (χ1) is 13.9. The second-order valence-corrected chi connectivity index (χ2v) is 6.91. The summed E-state index contributed by atoms with van der Waals surface area (Å²) in [6.45, 7) is 5.30. The second kappa shape index (κ2) is 6.91. The first-order valence-electron chi connectivity index (χ1n) is 9.13. The van der Waals surface area contributed by atoms with Crippen LogP contribution in [0.25, 0.3) is 22.3 Å². The number of para-hydroxylation sites is 1. The molecule has 1 atom stereocenters. The van der Waals surface area contributed by atoms with Crippen molar-refractivity contribution in [3.05, 3.63) is 81.0 Å². The van der Waals surface area contributed by atoms with Crippen molar-refractivity contribution in [2.45, 2.75) is 26.8 Å². The standard InChI is InChI=1S/C22H19N5O2/c1-5-15(3)25-16(4)20(27-19-9-7-6-8-17(19)12-24-27)21(28)26(22(25)29)18-10-14(2)11-23-13-18/h1,6-13,15H,2-4H3. The Balaban J connectivity index is 2.17. The number of nitrogens with zero attached hydrogens (tertiary/aromatic N) is 5. The average Bonchev–Trinajstić information content (AvgIpc) is 3.12. The molecule has 3 aromatic heterocycles. The summed E-state index contributed by atoms with van der Waals surface area (Å²) in [4.78, 5) is 30.9. The van der Waals surface area contributed by atoms with Gasteiger partial charge in [0, 0.05) is 11.6 Å². The van der Waals surface area contributed by atoms with Crippen molar-refractivity contribution in [3.8, 4) is 23.7 Å². The van der Waals surface area contributed by atoms with E-state index < -0.39 is 17.3 Å². The van der Waals surface area contributed by atoms with E-state index in [1.807, 2.05) is 31.2 Å². The van der Waals surface area contributed by atoms with Crippen LogP contribution in [-0.2, 0) is 0 Å². The van der Waals surface area contributed by atoms with Crippen LogP contribution in [0.3, 0.4) is 0 Å². The van der Waals surface area contributed by atoms with Crippen molar-refractivity contribution < 1.29 is 0 Å². The van der Waals surface area contributed by atoms with E-state index in [0.717, 1.165) is 21.0 Å². The van der Waals surface area contributed by atoms with E-state index in [2.05, 4.69) is 16.0 Å². The number of hydrogen-bond acceptors (Lipinski definition) is 4. The van der Waals surface area contributed by atoms with Crippen LogP contribution in [0.15, 0.2) is 58.5 Å². The topological polar surface area (TPSA) is 74.7 Å². The van der Waals surface area contributed by atoms with Crippen molar-refractivity contribution in [3.63, 3.8) is 0 Å². The van der Waals surface area contributed by atoms with Gasteiger partial charge in [0.2, 0.25) is 0 Å². The van der Waals surface area contributed by atoms with E-state index in [1.165, 1.54) is 10.8 Å². The molecule has 0 aliphatic carbocycles. The Kier molecular flexibility index (Phi) is 4.40. The molecule has 1 unspecified atom stereocenters. The fourth-order valence-corrected chi connectivity index (χ4v) is 3.53. The monoisotopic (exact) mass is 385 g/mol. The zero-order valence-electron chi connectivity index (χ0n) is 16.3. The molecule has 0 saturated heterocycles. The molecule has 0 bridgehead atoms. The minimum Gasteiger partial charge on any atom is -0.281 e. The summed E-state index contributed by atoms with van der Waals surface area (Å²) in [6.07, 6.45) is 10.5. The molecule has 0 N–H and O–H groups in total. The van der Waals surface area contributed by atoms with Crippen LogP contribution in [-0.4, -0.2) is 23.9 Å². The van der Waals surface area contributed by atoms with Gasteiger partial charge in [-0.1, -0.05) is 24.1 Å². The summed E-state index contributed by atoms with van der Waals surface area (Å²) in [5, 5.41) is 5.30. The Morgan fingerprint density at radius 3 is 2.59 bits per heavy atom. The van der Waals surface area contributed by atoms with Crippen LogP contribution >= 0.6 is 0 Å². The van der Waals surface area contributed by atoms with Gasteiger partial charge in [-0.25, -0.2) is 14.0 Å². The van der Waals surface area contributed by atoms with Gasteiger partial charge < -0.3 is 0 Å². The number of aromatic nitrogens is 5. The third-order valence-corrected chi connectivity index (χ3v) is 4.94. The molecule has 0 spiro atoms. The highest BCUT2D eigenvalue weighted by atomic mass is 16.2. The van der Waals surface area contributed by atoms with Gasteiger partial charge in [-0.05, 0) is 38.5 Å². The Bertz CT molecular complexity index is 1400. The molecule has 0 fully saturated rings. The number of benzene rings is 1. The maximum atomic E-state index is 13.5. The number of hydrogen-bond donors (Lipinski definition) is 0. The predicted molar refractivity (Wildman–Crippen MR) is 112 cm³/mol. The van der Waals surface area contributed by atoms with Gasteiger partial charge in [-0.2, -0.15) is 5.10 Å². The van der Waals surface area contributed by atoms with Crippen molar-refractivity contribution in [2.75, 3.05) is 0 Å². The lowest BCUT2D eigenvalue weighted by molar-refractivity contribution is 0.580. The maximum Gasteiger partial charge on any atom is 0.337 e. The average molecular weight is 385 g/mol. The number of pyridine rings is 1. The molecule has 1 aromatic carbocycles. The number of rotatable bonds is 3. The van der Waals surface area contributed by atoms with Crippen LogP contribution in [0.5, 0.6) is 0 Å². The van der Waals surface area contributed by atoms with Gasteiger partial charge in [-0.3, -0.25) is 14.3 Å². The maximum absolute atomic E-state index is 13.5. The van der Waals surface area contributed by atoms with Crippen LogP contribution in [0.1, 0.15) is 24.2 Å². The van der Waals surface area contributed by atoms with Gasteiger partial charge in [-0.15, -0.1) is 6.42 Å². The third kappa shape index (κ3) is 2.86. The van der Waals surface area contributed by atoms with Gasteiger partial charge in [0.1, 0.15) is 0 Å². The molecule has 7 heteroatoms. The Morgan fingerprint density at radius 1 is 1.10 bits per heavy atom. The molecule has 0 amide bonds. The Morgan fingerprint density at radius 2 is 1.86 bits per heavy atom. The zero-order valence-corrected chi connectivity index (χ0v) is 16.3. The van der Waals surface area contributed by atoms with Gasteiger partial charge >= 0.3 is 5.69 Å². The van der Waals surface area contributed by atoms with Crippen LogP contribution in [0.4, 0.5) is 0 Å². The molecule has 0 aliphatic heterocycles. The lowest BCUT2D eigenvalue weighted by atomic mass is 10.2. The van der Waals surface area contributed by atoms with Crippen molar-refractivity contribution in [2.24, 2.45) is 0 Å². The van der Waals surface area contributed by atoms with E-state index in [9.17, 15) is 9.59 Å². The van der Waals surface area contributed by atoms with Gasteiger partial charge in [0.25, 0.3) is 5.56 Å². The molecular formula is C22H19N5O2. The third-order valence-electron chi connectivity index (χ3n) is 4.94. The smallest absolute Gasteiger partial charge is 0.281 e. The minimum atomic E-state index is -0.548. The molecule has 0 saturated carbocycles. The lowest BCUT2D eigenvalue weighted by Crippen LogP contribution is -2.43. The highest BCUT2D eigenvalue weighted by Crippen LogP contribution is 2.19. The molecule has 4 rings (SSSR count). The molecule has 29 heavy (non-hydrogen) atoms. The quantitative estimate of drug-likeness (QED) is 0.508. The lowest BCUT2D eigenvalue weighted by Gasteiger charge is -2.19. The fraction of sp³-hybridized carbons (Fsp3) is 0.182. The van der Waals surface area contributed by atoms with Crippen LogP contribution in [0.2, 0.25) is 0 Å². The summed E-state index contributed by atoms with van der Waals surface area (Å²) in [6, 6.07) is 8.75. The summed E-state index contributed by atoms with van der Waals surface area (Å²) in [5.74, 6) is 2.58. The second-order valence-electron chi connectivity index (χ2n) is 6.91. The molecule has 144 valence electrons. The normalized spacial score (nSPS) is 12.1. The van der Waals surface area contributed by atoms with E-state index in [0.29, 0.717) is 11.4 Å². The van der Waals surface area contributed by atoms with E-state index in [4.69, 9.17) is 6.42 Å². The van der Waals surface area contributed by atoms with E-state index in [-0.39, 0.29) is 5.69 Å². The molecule has 4 aromatic rings. The molecule has 3 heterocycles. The van der Waals surface area contributed by atoms with Crippen molar-refractivity contribution in [1.29, 1.82) is 0 Å². The summed E-state index contributed by atoms with van der Waals surface area (Å²) < 4.78 is 4.11. The first-order valence-corrected chi connectivity index (χ1v) is 9.13. The summed E-state index contributed by atoms with van der Waals surface area (Å²) >= 11 is 0. The van der Waals surface area contributed by atoms with E-state index in [1.54, 1.807) is 37.0 Å². The van der Waals surface area contributed by atoms with E-state index >= 15 is 0 Å². The van der Waals surface area contributed by atoms with Crippen LogP contribution in [0, 0.1) is 26.2 Å². The van der Waals surface area contributed by atoms with Crippen molar-refractivity contribution in [1.82, 2.24) is 23.9 Å². The number of fused-ring (bicyclic) bond motifs is 1. The number of aryl methyl sites for hydroxylation is 1. The zero-order chi connectivity index (χ0) is 20.7. The summed E-state index contributed by atoms with van der Waals surface area (Å²) in [7, 11) is 0. The van der Waals surface area contributed by atoms with Gasteiger partial charge in [0.05, 0.1) is 35.3 Å². The largest absolute Gasteiger partial charge is 0.337 e. The fourth-order valence-electron chi connectivity index (χ4n) is 3.53. The van der Waals surface area contributed by atoms with Gasteiger partial charge in [0.15, 0.2) is 5.69 Å². The van der Waals surface area contributed by atoms with Crippen molar-refractivity contribution >= 4 is 10.9 Å². The Hall–Kier alpha value is -3.92. The molecule has 0 radical (unpaired) electrons. The molecular weight excluding hydrogens is 366 g/mol. The predicted octanol–water partition coefficient (Wildman–Crippen LogP) is 2.54. The van der Waals surface area contributed by atoms with Crippen LogP contribution < -0.4 is 11.2 Å². The SMILES string of the molecule is C#CC(C)n1c(C)c(-n2ncc3ccccc32)c(=O)n(-c2cncc(C)c2)c1=O. The minimum absolute atomic E-state index is 0.273. The first kappa shape index (κ1) is 18.4. The number of terminal acetylenes is 1. The Labute approximate surface area is 166 Å².